The summed E-state index contributed by atoms with van der Waals surface area (Å²) in [5.74, 6) is 0.949. The maximum Gasteiger partial charge on any atom is 0.253 e. The summed E-state index contributed by atoms with van der Waals surface area (Å²) in [5, 5.41) is 13.8. The highest BCUT2D eigenvalue weighted by molar-refractivity contribution is 5.95. The van der Waals surface area contributed by atoms with Crippen LogP contribution in [0.3, 0.4) is 0 Å². The van der Waals surface area contributed by atoms with Gasteiger partial charge in [0.2, 0.25) is 5.91 Å². The summed E-state index contributed by atoms with van der Waals surface area (Å²) in [6.07, 6.45) is 2.59. The Morgan fingerprint density at radius 2 is 1.82 bits per heavy atom. The number of hydrazone groups is 1. The first-order valence-corrected chi connectivity index (χ1v) is 10.8. The standard InChI is InChI=1S/C24H29N3O6/c1-4-33-21-13-16(5-7-19(21)28)15-25-26-23(29)17-9-11-27(12-10-17)24(30)18-6-8-20(31-2)22(14-18)32-3/h5-8,13-15,17,28H,4,9-12H2,1-3H3,(H,26,29)/b25-15-. The molecule has 0 radical (unpaired) electrons. The minimum atomic E-state index is -0.226. The molecule has 0 atom stereocenters. The lowest BCUT2D eigenvalue weighted by Gasteiger charge is -2.31. The number of nitrogens with zero attached hydrogens (tertiary/aromatic N) is 2. The fourth-order valence-electron chi connectivity index (χ4n) is 3.64. The zero-order chi connectivity index (χ0) is 23.8. The second-order valence-electron chi connectivity index (χ2n) is 7.53. The molecule has 2 aromatic carbocycles. The van der Waals surface area contributed by atoms with E-state index < -0.39 is 0 Å². The monoisotopic (exact) mass is 455 g/mol. The first-order valence-electron chi connectivity index (χ1n) is 10.8. The SMILES string of the molecule is CCOc1cc(/C=N\NC(=O)C2CCN(C(=O)c3ccc(OC)c(OC)c3)CC2)ccc1O. The van der Waals surface area contributed by atoms with Crippen LogP contribution in [0.5, 0.6) is 23.0 Å². The maximum absolute atomic E-state index is 12.8. The minimum absolute atomic E-state index is 0.0485. The molecule has 1 saturated heterocycles. The Kier molecular flexibility index (Phi) is 8.12. The highest BCUT2D eigenvalue weighted by Crippen LogP contribution is 2.29. The molecule has 1 aliphatic rings. The summed E-state index contributed by atoms with van der Waals surface area (Å²) in [6, 6.07) is 9.90. The van der Waals surface area contributed by atoms with Gasteiger partial charge in [0.15, 0.2) is 23.0 Å². The smallest absolute Gasteiger partial charge is 0.253 e. The third-order valence-corrected chi connectivity index (χ3v) is 5.46. The van der Waals surface area contributed by atoms with E-state index in [1.807, 2.05) is 6.92 Å². The van der Waals surface area contributed by atoms with Crippen LogP contribution in [0.2, 0.25) is 0 Å². The van der Waals surface area contributed by atoms with Crippen LogP contribution in [-0.2, 0) is 4.79 Å². The predicted molar refractivity (Wildman–Crippen MR) is 123 cm³/mol. The van der Waals surface area contributed by atoms with E-state index in [0.717, 1.165) is 0 Å². The van der Waals surface area contributed by atoms with Crippen LogP contribution in [0.25, 0.3) is 0 Å². The molecule has 0 bridgehead atoms. The molecule has 3 rings (SSSR count). The average molecular weight is 456 g/mol. The number of likely N-dealkylation sites (tertiary alicyclic amines) is 1. The Hall–Kier alpha value is -3.75. The molecule has 33 heavy (non-hydrogen) atoms. The lowest BCUT2D eigenvalue weighted by molar-refractivity contribution is -0.126. The van der Waals surface area contributed by atoms with Gasteiger partial charge in [0.05, 0.1) is 27.0 Å². The molecule has 2 amide bonds. The van der Waals surface area contributed by atoms with E-state index in [9.17, 15) is 14.7 Å². The summed E-state index contributed by atoms with van der Waals surface area (Å²) in [7, 11) is 3.07. The number of ether oxygens (including phenoxy) is 3. The van der Waals surface area contributed by atoms with Gasteiger partial charge >= 0.3 is 0 Å². The van der Waals surface area contributed by atoms with Crippen molar-refractivity contribution in [2.24, 2.45) is 11.0 Å². The topological polar surface area (TPSA) is 110 Å². The van der Waals surface area contributed by atoms with Gasteiger partial charge in [-0.2, -0.15) is 5.10 Å². The van der Waals surface area contributed by atoms with Gasteiger partial charge in [-0.1, -0.05) is 0 Å². The molecule has 0 saturated carbocycles. The van der Waals surface area contributed by atoms with Gasteiger partial charge in [-0.15, -0.1) is 0 Å². The number of amides is 2. The van der Waals surface area contributed by atoms with E-state index in [2.05, 4.69) is 10.5 Å². The van der Waals surface area contributed by atoms with Crippen molar-refractivity contribution in [2.45, 2.75) is 19.8 Å². The highest BCUT2D eigenvalue weighted by Gasteiger charge is 2.28. The van der Waals surface area contributed by atoms with E-state index >= 15 is 0 Å². The first kappa shape index (κ1) is 23.9. The van der Waals surface area contributed by atoms with Crippen LogP contribution in [0.1, 0.15) is 35.7 Å². The minimum Gasteiger partial charge on any atom is -0.504 e. The summed E-state index contributed by atoms with van der Waals surface area (Å²) < 4.78 is 15.8. The Bertz CT molecular complexity index is 1020. The lowest BCUT2D eigenvalue weighted by Crippen LogP contribution is -2.42. The summed E-state index contributed by atoms with van der Waals surface area (Å²) in [5.41, 5.74) is 3.76. The number of nitrogens with one attached hydrogen (secondary N) is 1. The van der Waals surface area contributed by atoms with Gasteiger partial charge in [-0.25, -0.2) is 5.43 Å². The second kappa shape index (κ2) is 11.2. The Balaban J connectivity index is 1.52. The van der Waals surface area contributed by atoms with Crippen LogP contribution in [0.15, 0.2) is 41.5 Å². The van der Waals surface area contributed by atoms with Gasteiger partial charge in [0.1, 0.15) is 0 Å². The van der Waals surface area contributed by atoms with Crippen molar-refractivity contribution >= 4 is 18.0 Å². The molecule has 2 N–H and O–H groups in total. The number of hydrogen-bond acceptors (Lipinski definition) is 7. The number of phenolic OH excluding ortho intramolecular Hbond substituents is 1. The van der Waals surface area contributed by atoms with Crippen LogP contribution in [0, 0.1) is 5.92 Å². The van der Waals surface area contributed by atoms with Crippen LogP contribution < -0.4 is 19.6 Å². The van der Waals surface area contributed by atoms with Gasteiger partial charge in [-0.05, 0) is 61.7 Å². The van der Waals surface area contributed by atoms with Crippen molar-refractivity contribution < 1.29 is 28.9 Å². The number of carbonyl (C=O) groups is 2. The number of benzene rings is 2. The van der Waals surface area contributed by atoms with Crippen molar-refractivity contribution in [3.05, 3.63) is 47.5 Å². The largest absolute Gasteiger partial charge is 0.504 e. The van der Waals surface area contributed by atoms with Crippen molar-refractivity contribution in [3.8, 4) is 23.0 Å². The van der Waals surface area contributed by atoms with Crippen molar-refractivity contribution in [1.82, 2.24) is 10.3 Å². The lowest BCUT2D eigenvalue weighted by atomic mass is 9.95. The molecule has 1 fully saturated rings. The van der Waals surface area contributed by atoms with Crippen LogP contribution >= 0.6 is 0 Å². The predicted octanol–water partition coefficient (Wildman–Crippen LogP) is 2.81. The molecule has 2 aromatic rings. The molecule has 1 heterocycles. The fraction of sp³-hybridized carbons (Fsp3) is 0.375. The van der Waals surface area contributed by atoms with Gasteiger partial charge in [0, 0.05) is 24.6 Å². The first-order chi connectivity index (χ1) is 16.0. The number of hydrogen-bond donors (Lipinski definition) is 2. The molecule has 0 aliphatic carbocycles. The van der Waals surface area contributed by atoms with Gasteiger partial charge in [-0.3, -0.25) is 9.59 Å². The van der Waals surface area contributed by atoms with E-state index in [1.54, 1.807) is 42.3 Å². The molecule has 0 spiro atoms. The maximum atomic E-state index is 12.8. The van der Waals surface area contributed by atoms with Crippen LogP contribution in [0.4, 0.5) is 0 Å². The molecule has 9 heteroatoms. The Morgan fingerprint density at radius 3 is 2.48 bits per heavy atom. The molecule has 176 valence electrons. The molecular weight excluding hydrogens is 426 g/mol. The summed E-state index contributed by atoms with van der Waals surface area (Å²) in [6.45, 7) is 3.21. The number of methoxy groups -OCH3 is 2. The van der Waals surface area contributed by atoms with E-state index in [1.165, 1.54) is 19.4 Å². The van der Waals surface area contributed by atoms with E-state index in [0.29, 0.717) is 60.9 Å². The van der Waals surface area contributed by atoms with Crippen molar-refractivity contribution in [1.29, 1.82) is 0 Å². The number of piperidine rings is 1. The number of carbonyl (C=O) groups excluding carboxylic acids is 2. The Labute approximate surface area is 192 Å². The molecular formula is C24H29N3O6. The van der Waals surface area contributed by atoms with Crippen molar-refractivity contribution in [2.75, 3.05) is 33.9 Å². The molecule has 0 unspecified atom stereocenters. The van der Waals surface area contributed by atoms with Gasteiger partial charge < -0.3 is 24.2 Å². The third kappa shape index (κ3) is 5.94. The zero-order valence-corrected chi connectivity index (χ0v) is 19.0. The number of phenols is 1. The average Bonchev–Trinajstić information content (AvgIpc) is 2.85. The molecule has 1 aliphatic heterocycles. The number of aromatic hydroxyl groups is 1. The normalized spacial score (nSPS) is 14.2. The van der Waals surface area contributed by atoms with Crippen molar-refractivity contribution in [3.63, 3.8) is 0 Å². The number of rotatable bonds is 8. The zero-order valence-electron chi connectivity index (χ0n) is 19.0. The van der Waals surface area contributed by atoms with Crippen LogP contribution in [-0.4, -0.2) is 62.0 Å². The molecule has 9 nitrogen and oxygen atoms in total. The quantitative estimate of drug-likeness (QED) is 0.468. The fourth-order valence-corrected chi connectivity index (χ4v) is 3.64. The Morgan fingerprint density at radius 1 is 1.09 bits per heavy atom. The molecule has 0 aromatic heterocycles. The second-order valence-corrected chi connectivity index (χ2v) is 7.53. The van der Waals surface area contributed by atoms with E-state index in [-0.39, 0.29) is 23.5 Å². The third-order valence-electron chi connectivity index (χ3n) is 5.46. The highest BCUT2D eigenvalue weighted by atomic mass is 16.5. The summed E-state index contributed by atoms with van der Waals surface area (Å²) >= 11 is 0. The van der Waals surface area contributed by atoms with E-state index in [4.69, 9.17) is 14.2 Å². The summed E-state index contributed by atoms with van der Waals surface area (Å²) in [4.78, 5) is 27.1. The van der Waals surface area contributed by atoms with Gasteiger partial charge in [0.25, 0.3) is 5.91 Å².